The van der Waals surface area contributed by atoms with Crippen molar-refractivity contribution in [2.24, 2.45) is 0 Å². The molecular weight excluding hydrogens is 138 g/mol. The number of nitrogens with one attached hydrogen (secondary N) is 1. The fraction of sp³-hybridized carbons (Fsp3) is 0.500. The van der Waals surface area contributed by atoms with Crippen LogP contribution in [0.5, 0.6) is 0 Å². The molecule has 2 rings (SSSR count). The third kappa shape index (κ3) is 1.24. The predicted molar refractivity (Wildman–Crippen MR) is 42.2 cm³/mol. The van der Waals surface area contributed by atoms with Crippen molar-refractivity contribution in [1.29, 1.82) is 0 Å². The van der Waals surface area contributed by atoms with Crippen molar-refractivity contribution in [3.05, 3.63) is 23.3 Å². The van der Waals surface area contributed by atoms with Gasteiger partial charge in [-0.15, -0.1) is 0 Å². The van der Waals surface area contributed by atoms with Crippen LogP contribution in [0.2, 0.25) is 0 Å². The summed E-state index contributed by atoms with van der Waals surface area (Å²) in [4.78, 5) is 8.70. The molecule has 0 radical (unpaired) electrons. The summed E-state index contributed by atoms with van der Waals surface area (Å²) in [5, 5.41) is 3.27. The van der Waals surface area contributed by atoms with Crippen LogP contribution in [0.15, 0.2) is 6.20 Å². The van der Waals surface area contributed by atoms with E-state index in [1.807, 2.05) is 13.1 Å². The van der Waals surface area contributed by atoms with E-state index >= 15 is 0 Å². The first-order valence-electron chi connectivity index (χ1n) is 3.88. The van der Waals surface area contributed by atoms with E-state index in [0.717, 1.165) is 36.6 Å². The smallest absolute Gasteiger partial charge is 0.0760 e. The number of aromatic nitrogens is 2. The summed E-state index contributed by atoms with van der Waals surface area (Å²) in [5.74, 6) is 0. The molecule has 0 spiro atoms. The average molecular weight is 149 g/mol. The van der Waals surface area contributed by atoms with Gasteiger partial charge in [0.05, 0.1) is 17.1 Å². The molecule has 0 aliphatic carbocycles. The van der Waals surface area contributed by atoms with Crippen molar-refractivity contribution in [1.82, 2.24) is 15.3 Å². The highest BCUT2D eigenvalue weighted by atomic mass is 14.9. The van der Waals surface area contributed by atoms with Crippen LogP contribution in [0.1, 0.15) is 17.1 Å². The molecule has 0 bridgehead atoms. The van der Waals surface area contributed by atoms with Gasteiger partial charge in [0.1, 0.15) is 0 Å². The Morgan fingerprint density at radius 2 is 2.36 bits per heavy atom. The lowest BCUT2D eigenvalue weighted by molar-refractivity contribution is 0.610. The molecule has 3 heteroatoms. The monoisotopic (exact) mass is 149 g/mol. The summed E-state index contributed by atoms with van der Waals surface area (Å²) in [6.45, 7) is 3.89. The lowest BCUT2D eigenvalue weighted by Crippen LogP contribution is -2.25. The maximum absolute atomic E-state index is 4.39. The van der Waals surface area contributed by atoms with Crippen LogP contribution in [-0.4, -0.2) is 16.5 Å². The number of fused-ring (bicyclic) bond motifs is 1. The molecule has 0 saturated carbocycles. The highest BCUT2D eigenvalue weighted by Gasteiger charge is 2.09. The molecule has 0 amide bonds. The van der Waals surface area contributed by atoms with Crippen molar-refractivity contribution in [3.63, 3.8) is 0 Å². The molecule has 0 unspecified atom stereocenters. The van der Waals surface area contributed by atoms with Gasteiger partial charge in [-0.05, 0) is 6.92 Å². The summed E-state index contributed by atoms with van der Waals surface area (Å²) in [6, 6.07) is 0. The van der Waals surface area contributed by atoms with E-state index in [9.17, 15) is 0 Å². The molecule has 0 saturated heterocycles. The zero-order valence-corrected chi connectivity index (χ0v) is 6.59. The van der Waals surface area contributed by atoms with Crippen molar-refractivity contribution < 1.29 is 0 Å². The van der Waals surface area contributed by atoms with Crippen molar-refractivity contribution in [3.8, 4) is 0 Å². The molecule has 2 heterocycles. The molecule has 0 aromatic carbocycles. The Morgan fingerprint density at radius 1 is 1.45 bits per heavy atom. The van der Waals surface area contributed by atoms with Crippen LogP contribution in [0.4, 0.5) is 0 Å². The maximum atomic E-state index is 4.39. The first-order chi connectivity index (χ1) is 5.36. The Labute approximate surface area is 65.9 Å². The minimum Gasteiger partial charge on any atom is -0.311 e. The first kappa shape index (κ1) is 6.73. The molecular formula is C8H11N3. The van der Waals surface area contributed by atoms with E-state index in [2.05, 4.69) is 15.3 Å². The van der Waals surface area contributed by atoms with Crippen LogP contribution in [0, 0.1) is 6.92 Å². The van der Waals surface area contributed by atoms with Crippen LogP contribution < -0.4 is 5.32 Å². The second-order valence-corrected chi connectivity index (χ2v) is 2.83. The van der Waals surface area contributed by atoms with E-state index < -0.39 is 0 Å². The Hall–Kier alpha value is -0.960. The standard InChI is InChI=1S/C8H11N3/c1-6-4-10-7-2-3-9-5-8(7)11-6/h4,9H,2-3,5H2,1H3. The zero-order chi connectivity index (χ0) is 7.68. The molecule has 58 valence electrons. The minimum absolute atomic E-state index is 0.879. The van der Waals surface area contributed by atoms with Gasteiger partial charge in [0, 0.05) is 25.7 Å². The fourth-order valence-electron chi connectivity index (χ4n) is 1.32. The second kappa shape index (κ2) is 2.58. The molecule has 11 heavy (non-hydrogen) atoms. The summed E-state index contributed by atoms with van der Waals surface area (Å²) in [6.07, 6.45) is 2.85. The normalized spacial score (nSPS) is 16.1. The third-order valence-corrected chi connectivity index (χ3v) is 1.88. The summed E-state index contributed by atoms with van der Waals surface area (Å²) in [7, 11) is 0. The molecule has 3 nitrogen and oxygen atoms in total. The van der Waals surface area contributed by atoms with E-state index in [1.54, 1.807) is 0 Å². The van der Waals surface area contributed by atoms with Crippen molar-refractivity contribution in [2.45, 2.75) is 19.9 Å². The van der Waals surface area contributed by atoms with E-state index in [0.29, 0.717) is 0 Å². The highest BCUT2D eigenvalue weighted by molar-refractivity contribution is 5.15. The van der Waals surface area contributed by atoms with Gasteiger partial charge in [0.2, 0.25) is 0 Å². The van der Waals surface area contributed by atoms with Gasteiger partial charge in [0.25, 0.3) is 0 Å². The minimum atomic E-state index is 0.879. The van der Waals surface area contributed by atoms with Crippen LogP contribution in [0.25, 0.3) is 0 Å². The summed E-state index contributed by atoms with van der Waals surface area (Å²) in [5.41, 5.74) is 3.29. The summed E-state index contributed by atoms with van der Waals surface area (Å²) < 4.78 is 0. The van der Waals surface area contributed by atoms with E-state index in [4.69, 9.17) is 0 Å². The predicted octanol–water partition coefficient (Wildman–Crippen LogP) is 0.431. The SMILES string of the molecule is Cc1cnc2c(n1)CNCC2. The molecule has 1 aromatic heterocycles. The Balaban J connectivity index is 2.43. The average Bonchev–Trinajstić information content (AvgIpc) is 2.04. The number of aryl methyl sites for hydroxylation is 1. The molecule has 0 atom stereocenters. The van der Waals surface area contributed by atoms with Crippen LogP contribution in [-0.2, 0) is 13.0 Å². The Morgan fingerprint density at radius 3 is 3.27 bits per heavy atom. The number of hydrogen-bond donors (Lipinski definition) is 1. The quantitative estimate of drug-likeness (QED) is 0.581. The van der Waals surface area contributed by atoms with Gasteiger partial charge in [-0.2, -0.15) is 0 Å². The van der Waals surface area contributed by atoms with E-state index in [1.165, 1.54) is 0 Å². The van der Waals surface area contributed by atoms with Gasteiger partial charge < -0.3 is 5.32 Å². The van der Waals surface area contributed by atoms with E-state index in [-0.39, 0.29) is 0 Å². The number of hydrogen-bond acceptors (Lipinski definition) is 3. The largest absolute Gasteiger partial charge is 0.311 e. The third-order valence-electron chi connectivity index (χ3n) is 1.88. The Kier molecular flexibility index (Phi) is 1.58. The molecule has 1 aromatic rings. The summed E-state index contributed by atoms with van der Waals surface area (Å²) >= 11 is 0. The lowest BCUT2D eigenvalue weighted by Gasteiger charge is -2.14. The topological polar surface area (TPSA) is 37.8 Å². The number of rotatable bonds is 0. The van der Waals surface area contributed by atoms with Crippen LogP contribution in [0.3, 0.4) is 0 Å². The van der Waals surface area contributed by atoms with Gasteiger partial charge in [-0.1, -0.05) is 0 Å². The second-order valence-electron chi connectivity index (χ2n) is 2.83. The highest BCUT2D eigenvalue weighted by Crippen LogP contribution is 2.07. The van der Waals surface area contributed by atoms with Gasteiger partial charge in [-0.25, -0.2) is 0 Å². The number of nitrogens with zero attached hydrogens (tertiary/aromatic N) is 2. The van der Waals surface area contributed by atoms with Gasteiger partial charge in [-0.3, -0.25) is 9.97 Å². The van der Waals surface area contributed by atoms with Crippen molar-refractivity contribution >= 4 is 0 Å². The van der Waals surface area contributed by atoms with Crippen molar-refractivity contribution in [2.75, 3.05) is 6.54 Å². The molecule has 1 N–H and O–H groups in total. The molecule has 0 fully saturated rings. The van der Waals surface area contributed by atoms with Crippen LogP contribution >= 0.6 is 0 Å². The fourth-order valence-corrected chi connectivity index (χ4v) is 1.32. The lowest BCUT2D eigenvalue weighted by atomic mass is 10.1. The van der Waals surface area contributed by atoms with Gasteiger partial charge >= 0.3 is 0 Å². The first-order valence-corrected chi connectivity index (χ1v) is 3.88. The molecule has 1 aliphatic rings. The molecule has 1 aliphatic heterocycles. The Bertz CT molecular complexity index is 270. The van der Waals surface area contributed by atoms with Gasteiger partial charge in [0.15, 0.2) is 0 Å². The maximum Gasteiger partial charge on any atom is 0.0760 e. The zero-order valence-electron chi connectivity index (χ0n) is 6.59.